The standard InChI is InChI=1S/C13H18N4O3/c18-13(19)17-6-4-16(5-7-17)11-2-1-10-9-14-3-8-20-12(10)15-11/h1-2,14H,3-9H2,(H,18,19). The van der Waals surface area contributed by atoms with Gasteiger partial charge in [0.25, 0.3) is 0 Å². The van der Waals surface area contributed by atoms with Crippen molar-refractivity contribution in [1.29, 1.82) is 0 Å². The molecule has 1 aromatic heterocycles. The van der Waals surface area contributed by atoms with Gasteiger partial charge in [0.2, 0.25) is 5.88 Å². The number of hydrogen-bond donors (Lipinski definition) is 2. The molecule has 20 heavy (non-hydrogen) atoms. The van der Waals surface area contributed by atoms with E-state index < -0.39 is 6.09 Å². The number of fused-ring (bicyclic) bond motifs is 1. The second-order valence-corrected chi connectivity index (χ2v) is 4.92. The summed E-state index contributed by atoms with van der Waals surface area (Å²) < 4.78 is 5.63. The number of carbonyl (C=O) groups is 1. The van der Waals surface area contributed by atoms with Gasteiger partial charge < -0.3 is 25.0 Å². The van der Waals surface area contributed by atoms with Crippen LogP contribution in [0.5, 0.6) is 5.88 Å². The highest BCUT2D eigenvalue weighted by molar-refractivity contribution is 5.65. The first-order chi connectivity index (χ1) is 9.74. The van der Waals surface area contributed by atoms with E-state index in [1.165, 1.54) is 4.90 Å². The van der Waals surface area contributed by atoms with Crippen LogP contribution in [0.2, 0.25) is 0 Å². The number of nitrogens with zero attached hydrogens (tertiary/aromatic N) is 3. The molecule has 1 saturated heterocycles. The highest BCUT2D eigenvalue weighted by Gasteiger charge is 2.22. The third kappa shape index (κ3) is 2.62. The summed E-state index contributed by atoms with van der Waals surface area (Å²) in [5.41, 5.74) is 1.07. The number of rotatable bonds is 1. The van der Waals surface area contributed by atoms with E-state index in [1.54, 1.807) is 0 Å². The van der Waals surface area contributed by atoms with Crippen molar-refractivity contribution in [2.45, 2.75) is 6.54 Å². The maximum Gasteiger partial charge on any atom is 0.407 e. The first-order valence-electron chi connectivity index (χ1n) is 6.80. The first kappa shape index (κ1) is 13.0. The Morgan fingerprint density at radius 1 is 1.30 bits per heavy atom. The molecule has 0 saturated carbocycles. The monoisotopic (exact) mass is 278 g/mol. The molecule has 7 nitrogen and oxygen atoms in total. The summed E-state index contributed by atoms with van der Waals surface area (Å²) in [6, 6.07) is 4.01. The maximum atomic E-state index is 10.9. The van der Waals surface area contributed by atoms with Crippen LogP contribution in [0.3, 0.4) is 0 Å². The molecule has 0 bridgehead atoms. The van der Waals surface area contributed by atoms with E-state index in [9.17, 15) is 4.79 Å². The molecule has 0 aromatic carbocycles. The van der Waals surface area contributed by atoms with Crippen molar-refractivity contribution in [3.63, 3.8) is 0 Å². The van der Waals surface area contributed by atoms with Crippen molar-refractivity contribution < 1.29 is 14.6 Å². The van der Waals surface area contributed by atoms with E-state index in [0.717, 1.165) is 24.5 Å². The van der Waals surface area contributed by atoms with Gasteiger partial charge in [-0.1, -0.05) is 0 Å². The molecule has 1 aromatic rings. The lowest BCUT2D eigenvalue weighted by Gasteiger charge is -2.34. The number of anilines is 1. The van der Waals surface area contributed by atoms with Crippen LogP contribution in [0.15, 0.2) is 12.1 Å². The fourth-order valence-corrected chi connectivity index (χ4v) is 2.46. The molecule has 2 N–H and O–H groups in total. The van der Waals surface area contributed by atoms with Gasteiger partial charge >= 0.3 is 6.09 Å². The molecule has 7 heteroatoms. The zero-order valence-electron chi connectivity index (χ0n) is 11.2. The number of pyridine rings is 1. The lowest BCUT2D eigenvalue weighted by molar-refractivity contribution is 0.142. The van der Waals surface area contributed by atoms with Gasteiger partial charge in [0.15, 0.2) is 0 Å². The molecular weight excluding hydrogens is 260 g/mol. The van der Waals surface area contributed by atoms with E-state index in [4.69, 9.17) is 9.84 Å². The predicted molar refractivity (Wildman–Crippen MR) is 73.2 cm³/mol. The first-order valence-corrected chi connectivity index (χ1v) is 6.80. The Morgan fingerprint density at radius 3 is 2.85 bits per heavy atom. The molecule has 0 radical (unpaired) electrons. The molecule has 3 heterocycles. The van der Waals surface area contributed by atoms with Crippen LogP contribution < -0.4 is 15.0 Å². The van der Waals surface area contributed by atoms with Crippen LogP contribution in [0.4, 0.5) is 10.6 Å². The Hall–Kier alpha value is -2.02. The van der Waals surface area contributed by atoms with Crippen LogP contribution in [0.25, 0.3) is 0 Å². The SMILES string of the molecule is O=C(O)N1CCN(c2ccc3c(n2)OCCNC3)CC1. The Bertz CT molecular complexity index is 500. The van der Waals surface area contributed by atoms with Crippen LogP contribution >= 0.6 is 0 Å². The average molecular weight is 278 g/mol. The third-order valence-corrected chi connectivity index (χ3v) is 3.63. The number of aromatic nitrogens is 1. The average Bonchev–Trinajstić information content (AvgIpc) is 2.71. The van der Waals surface area contributed by atoms with Crippen molar-refractivity contribution in [3.05, 3.63) is 17.7 Å². The van der Waals surface area contributed by atoms with Crippen LogP contribution in [-0.4, -0.2) is 60.4 Å². The summed E-state index contributed by atoms with van der Waals surface area (Å²) in [5.74, 6) is 1.55. The zero-order valence-corrected chi connectivity index (χ0v) is 11.2. The van der Waals surface area contributed by atoms with Crippen molar-refractivity contribution in [2.75, 3.05) is 44.2 Å². The predicted octanol–water partition coefficient (Wildman–Crippen LogP) is 0.364. The Kier molecular flexibility index (Phi) is 3.60. The molecule has 108 valence electrons. The van der Waals surface area contributed by atoms with Crippen molar-refractivity contribution in [2.24, 2.45) is 0 Å². The molecule has 2 aliphatic heterocycles. The van der Waals surface area contributed by atoms with E-state index in [1.807, 2.05) is 12.1 Å². The normalized spacial score (nSPS) is 19.0. The van der Waals surface area contributed by atoms with Crippen LogP contribution in [0.1, 0.15) is 5.56 Å². The molecule has 0 spiro atoms. The fraction of sp³-hybridized carbons (Fsp3) is 0.538. The molecule has 0 unspecified atom stereocenters. The number of ether oxygens (including phenoxy) is 1. The van der Waals surface area contributed by atoms with E-state index in [0.29, 0.717) is 38.7 Å². The zero-order chi connectivity index (χ0) is 13.9. The third-order valence-electron chi connectivity index (χ3n) is 3.63. The number of piperazine rings is 1. The minimum absolute atomic E-state index is 0.510. The minimum atomic E-state index is -0.853. The molecule has 3 rings (SSSR count). The summed E-state index contributed by atoms with van der Waals surface area (Å²) in [6.45, 7) is 4.56. The molecular formula is C13H18N4O3. The van der Waals surface area contributed by atoms with Gasteiger partial charge in [0.1, 0.15) is 12.4 Å². The highest BCUT2D eigenvalue weighted by atomic mass is 16.5. The van der Waals surface area contributed by atoms with E-state index in [-0.39, 0.29) is 0 Å². The quantitative estimate of drug-likeness (QED) is 0.772. The summed E-state index contributed by atoms with van der Waals surface area (Å²) >= 11 is 0. The number of carboxylic acid groups (broad SMARTS) is 1. The second-order valence-electron chi connectivity index (χ2n) is 4.92. The number of amides is 1. The topological polar surface area (TPSA) is 77.9 Å². The van der Waals surface area contributed by atoms with Gasteiger partial charge in [-0.2, -0.15) is 4.98 Å². The van der Waals surface area contributed by atoms with Gasteiger partial charge in [0, 0.05) is 44.8 Å². The largest absolute Gasteiger partial charge is 0.476 e. The van der Waals surface area contributed by atoms with E-state index >= 15 is 0 Å². The van der Waals surface area contributed by atoms with Gasteiger partial charge in [0.05, 0.1) is 0 Å². The Balaban J connectivity index is 1.72. The van der Waals surface area contributed by atoms with E-state index in [2.05, 4.69) is 15.2 Å². The summed E-state index contributed by atoms with van der Waals surface area (Å²) in [7, 11) is 0. The highest BCUT2D eigenvalue weighted by Crippen LogP contribution is 2.23. The van der Waals surface area contributed by atoms with Crippen molar-refractivity contribution in [1.82, 2.24) is 15.2 Å². The van der Waals surface area contributed by atoms with Crippen LogP contribution in [0, 0.1) is 0 Å². The number of nitrogens with one attached hydrogen (secondary N) is 1. The van der Waals surface area contributed by atoms with Crippen molar-refractivity contribution >= 4 is 11.9 Å². The summed E-state index contributed by atoms with van der Waals surface area (Å²) in [6.07, 6.45) is -0.853. The smallest absolute Gasteiger partial charge is 0.407 e. The molecule has 1 amide bonds. The minimum Gasteiger partial charge on any atom is -0.476 e. The van der Waals surface area contributed by atoms with Gasteiger partial charge in [-0.05, 0) is 12.1 Å². The molecule has 0 atom stereocenters. The van der Waals surface area contributed by atoms with Crippen LogP contribution in [-0.2, 0) is 6.54 Å². The van der Waals surface area contributed by atoms with Crippen molar-refractivity contribution in [3.8, 4) is 5.88 Å². The fourth-order valence-electron chi connectivity index (χ4n) is 2.46. The molecule has 0 aliphatic carbocycles. The van der Waals surface area contributed by atoms with Gasteiger partial charge in [-0.15, -0.1) is 0 Å². The summed E-state index contributed by atoms with van der Waals surface area (Å²) in [4.78, 5) is 19.0. The number of hydrogen-bond acceptors (Lipinski definition) is 5. The lowest BCUT2D eigenvalue weighted by atomic mass is 10.2. The van der Waals surface area contributed by atoms with Gasteiger partial charge in [-0.25, -0.2) is 4.79 Å². The summed E-state index contributed by atoms with van der Waals surface area (Å²) in [5, 5.41) is 12.2. The molecule has 2 aliphatic rings. The Morgan fingerprint density at radius 2 is 2.10 bits per heavy atom. The Labute approximate surface area is 117 Å². The van der Waals surface area contributed by atoms with Gasteiger partial charge in [-0.3, -0.25) is 0 Å². The maximum absolute atomic E-state index is 10.9. The lowest BCUT2D eigenvalue weighted by Crippen LogP contribution is -2.48. The second kappa shape index (κ2) is 5.54. The molecule has 1 fully saturated rings.